The summed E-state index contributed by atoms with van der Waals surface area (Å²) in [5.74, 6) is -1.24. The van der Waals surface area contributed by atoms with E-state index in [1.165, 1.54) is 0 Å². The van der Waals surface area contributed by atoms with Gasteiger partial charge in [-0.3, -0.25) is 4.79 Å². The van der Waals surface area contributed by atoms with E-state index in [1.807, 2.05) is 0 Å². The highest BCUT2D eigenvalue weighted by Gasteiger charge is 2.40. The lowest BCUT2D eigenvalue weighted by molar-refractivity contribution is -0.157. The van der Waals surface area contributed by atoms with Crippen LogP contribution in [0, 0.1) is 5.41 Å². The maximum absolute atomic E-state index is 12.0. The van der Waals surface area contributed by atoms with Crippen molar-refractivity contribution in [1.82, 2.24) is 0 Å². The van der Waals surface area contributed by atoms with Gasteiger partial charge in [-0.15, -0.1) is 0 Å². The van der Waals surface area contributed by atoms with Crippen LogP contribution in [0.2, 0.25) is 0 Å². The van der Waals surface area contributed by atoms with Crippen molar-refractivity contribution in [2.24, 2.45) is 11.1 Å². The smallest absolute Gasteiger partial charge is 0.389 e. The molecule has 0 aliphatic rings. The van der Waals surface area contributed by atoms with Crippen LogP contribution < -0.4 is 5.73 Å². The summed E-state index contributed by atoms with van der Waals surface area (Å²) in [6, 6.07) is 0. The molecule has 0 fully saturated rings. The van der Waals surface area contributed by atoms with Crippen molar-refractivity contribution in [2.45, 2.75) is 38.8 Å². The minimum Gasteiger partial charge on any atom is -0.481 e. The van der Waals surface area contributed by atoms with Crippen LogP contribution in [0.3, 0.4) is 0 Å². The highest BCUT2D eigenvalue weighted by molar-refractivity contribution is 5.74. The van der Waals surface area contributed by atoms with Crippen LogP contribution in [0.15, 0.2) is 0 Å². The first kappa shape index (κ1) is 14.2. The maximum Gasteiger partial charge on any atom is 0.389 e. The monoisotopic (exact) mass is 227 g/mol. The number of carbonyl (C=O) groups is 1. The van der Waals surface area contributed by atoms with E-state index in [4.69, 9.17) is 10.8 Å². The predicted molar refractivity (Wildman–Crippen MR) is 49.3 cm³/mol. The minimum atomic E-state index is -4.33. The summed E-state index contributed by atoms with van der Waals surface area (Å²) in [6.45, 7) is 1.47. The normalized spacial score (nSPS) is 16.1. The Kier molecular flexibility index (Phi) is 5.07. The van der Waals surface area contributed by atoms with Crippen molar-refractivity contribution in [3.8, 4) is 0 Å². The van der Waals surface area contributed by atoms with Crippen LogP contribution in [-0.4, -0.2) is 23.8 Å². The Labute approximate surface area is 86.5 Å². The Morgan fingerprint density at radius 3 is 2.07 bits per heavy atom. The van der Waals surface area contributed by atoms with Gasteiger partial charge in [-0.05, 0) is 12.8 Å². The molecule has 15 heavy (non-hydrogen) atoms. The Hall–Kier alpha value is -0.780. The molecule has 0 aliphatic heterocycles. The summed E-state index contributed by atoms with van der Waals surface area (Å²) in [5.41, 5.74) is 3.85. The van der Waals surface area contributed by atoms with Gasteiger partial charge in [0.25, 0.3) is 0 Å². The molecule has 0 rings (SSSR count). The number of carboxylic acids is 1. The second-order valence-corrected chi connectivity index (χ2v) is 3.65. The van der Waals surface area contributed by atoms with Crippen LogP contribution in [-0.2, 0) is 4.79 Å². The number of nitrogens with two attached hydrogens (primary N) is 1. The summed E-state index contributed by atoms with van der Waals surface area (Å²) in [7, 11) is 0. The molecular formula is C9H16F3NO2. The summed E-state index contributed by atoms with van der Waals surface area (Å²) >= 11 is 0. The summed E-state index contributed by atoms with van der Waals surface area (Å²) in [6.07, 6.45) is -5.20. The Bertz CT molecular complexity index is 218. The van der Waals surface area contributed by atoms with E-state index in [2.05, 4.69) is 0 Å². The van der Waals surface area contributed by atoms with Crippen LogP contribution in [0.25, 0.3) is 0 Å². The standard InChI is InChI=1S/C9H16F3NO2/c1-2-3-8(6-13,7(14)15)4-5-9(10,11)12/h2-6,13H2,1H3,(H,14,15). The van der Waals surface area contributed by atoms with Gasteiger partial charge >= 0.3 is 12.1 Å². The fourth-order valence-electron chi connectivity index (χ4n) is 1.49. The van der Waals surface area contributed by atoms with Crippen LogP contribution in [0.1, 0.15) is 32.6 Å². The van der Waals surface area contributed by atoms with E-state index in [0.29, 0.717) is 6.42 Å². The molecule has 3 N–H and O–H groups in total. The maximum atomic E-state index is 12.0. The van der Waals surface area contributed by atoms with Gasteiger partial charge in [0.15, 0.2) is 0 Å². The quantitative estimate of drug-likeness (QED) is 0.730. The van der Waals surface area contributed by atoms with Crippen LogP contribution in [0.5, 0.6) is 0 Å². The zero-order chi connectivity index (χ0) is 12.1. The molecular weight excluding hydrogens is 211 g/mol. The first-order chi connectivity index (χ1) is 6.77. The minimum absolute atomic E-state index is 0.176. The van der Waals surface area contributed by atoms with E-state index in [9.17, 15) is 18.0 Å². The third-order valence-corrected chi connectivity index (χ3v) is 2.46. The summed E-state index contributed by atoms with van der Waals surface area (Å²) in [5, 5.41) is 8.90. The number of halogens is 3. The van der Waals surface area contributed by atoms with Crippen molar-refractivity contribution in [3.05, 3.63) is 0 Å². The predicted octanol–water partition coefficient (Wildman–Crippen LogP) is 2.16. The van der Waals surface area contributed by atoms with Crippen LogP contribution in [0.4, 0.5) is 13.2 Å². The number of carboxylic acid groups (broad SMARTS) is 1. The van der Waals surface area contributed by atoms with E-state index >= 15 is 0 Å². The highest BCUT2D eigenvalue weighted by Crippen LogP contribution is 2.34. The number of aliphatic carboxylic acids is 1. The lowest BCUT2D eigenvalue weighted by Gasteiger charge is -2.27. The molecule has 0 saturated heterocycles. The average molecular weight is 227 g/mol. The van der Waals surface area contributed by atoms with Gasteiger partial charge in [-0.25, -0.2) is 0 Å². The molecule has 1 atom stereocenters. The van der Waals surface area contributed by atoms with Gasteiger partial charge in [0.05, 0.1) is 5.41 Å². The van der Waals surface area contributed by atoms with E-state index < -0.39 is 30.4 Å². The molecule has 0 amide bonds. The van der Waals surface area contributed by atoms with Crippen molar-refractivity contribution < 1.29 is 23.1 Å². The van der Waals surface area contributed by atoms with Crippen LogP contribution >= 0.6 is 0 Å². The second-order valence-electron chi connectivity index (χ2n) is 3.65. The van der Waals surface area contributed by atoms with Gasteiger partial charge in [0.2, 0.25) is 0 Å². The average Bonchev–Trinajstić information content (AvgIpc) is 2.10. The van der Waals surface area contributed by atoms with E-state index in [1.54, 1.807) is 6.92 Å². The fraction of sp³-hybridized carbons (Fsp3) is 0.889. The topological polar surface area (TPSA) is 63.3 Å². The third-order valence-electron chi connectivity index (χ3n) is 2.46. The highest BCUT2D eigenvalue weighted by atomic mass is 19.4. The van der Waals surface area contributed by atoms with Crippen molar-refractivity contribution in [2.75, 3.05) is 6.54 Å². The molecule has 0 aromatic rings. The fourth-order valence-corrected chi connectivity index (χ4v) is 1.49. The first-order valence-electron chi connectivity index (χ1n) is 4.77. The molecule has 6 heteroatoms. The molecule has 1 unspecified atom stereocenters. The van der Waals surface area contributed by atoms with Gasteiger partial charge in [-0.1, -0.05) is 13.3 Å². The third kappa shape index (κ3) is 4.51. The number of rotatable bonds is 6. The molecule has 0 saturated carbocycles. The molecule has 0 radical (unpaired) electrons. The Morgan fingerprint density at radius 1 is 1.27 bits per heavy atom. The summed E-state index contributed by atoms with van der Waals surface area (Å²) < 4.78 is 36.0. The molecule has 0 spiro atoms. The second kappa shape index (κ2) is 5.34. The molecule has 0 aliphatic carbocycles. The van der Waals surface area contributed by atoms with E-state index in [0.717, 1.165) is 0 Å². The lowest BCUT2D eigenvalue weighted by Crippen LogP contribution is -2.39. The van der Waals surface area contributed by atoms with Gasteiger partial charge < -0.3 is 10.8 Å². The van der Waals surface area contributed by atoms with Crippen molar-refractivity contribution >= 4 is 5.97 Å². The largest absolute Gasteiger partial charge is 0.481 e. The molecule has 0 bridgehead atoms. The lowest BCUT2D eigenvalue weighted by atomic mass is 9.79. The number of alkyl halides is 3. The van der Waals surface area contributed by atoms with E-state index in [-0.39, 0.29) is 13.0 Å². The Balaban J connectivity index is 4.55. The number of hydrogen-bond donors (Lipinski definition) is 2. The molecule has 90 valence electrons. The van der Waals surface area contributed by atoms with Crippen molar-refractivity contribution in [1.29, 1.82) is 0 Å². The number of hydrogen-bond acceptors (Lipinski definition) is 2. The molecule has 0 heterocycles. The molecule has 3 nitrogen and oxygen atoms in total. The zero-order valence-corrected chi connectivity index (χ0v) is 8.60. The van der Waals surface area contributed by atoms with Gasteiger partial charge in [0, 0.05) is 13.0 Å². The summed E-state index contributed by atoms with van der Waals surface area (Å²) in [4.78, 5) is 10.9. The van der Waals surface area contributed by atoms with Gasteiger partial charge in [0.1, 0.15) is 0 Å². The van der Waals surface area contributed by atoms with Crippen molar-refractivity contribution in [3.63, 3.8) is 0 Å². The first-order valence-corrected chi connectivity index (χ1v) is 4.77. The Morgan fingerprint density at radius 2 is 1.80 bits per heavy atom. The molecule has 0 aromatic heterocycles. The SMILES string of the molecule is CCCC(CN)(CCC(F)(F)F)C(=O)O. The zero-order valence-electron chi connectivity index (χ0n) is 8.60. The molecule has 0 aromatic carbocycles. The van der Waals surface area contributed by atoms with Gasteiger partial charge in [-0.2, -0.15) is 13.2 Å².